The molecule has 282 valence electrons. The van der Waals surface area contributed by atoms with Crippen LogP contribution in [0.25, 0.3) is 77.3 Å². The summed E-state index contributed by atoms with van der Waals surface area (Å²) in [5.74, 6) is 0. The van der Waals surface area contributed by atoms with Gasteiger partial charge < -0.3 is 8.98 Å². The lowest BCUT2D eigenvalue weighted by Gasteiger charge is -2.34. The predicted octanol–water partition coefficient (Wildman–Crippen LogP) is 11.7. The third-order valence-corrected chi connectivity index (χ3v) is 17.3. The van der Waals surface area contributed by atoms with Crippen molar-refractivity contribution in [1.82, 2.24) is 9.13 Å². The average Bonchev–Trinajstić information content (AvgIpc) is 3.98. The monoisotopic (exact) mass is 782 g/mol. The van der Waals surface area contributed by atoms with Crippen LogP contribution in [0.1, 0.15) is 0 Å². The lowest BCUT2D eigenvalue weighted by atomic mass is 10.0. The fraction of sp³-hybridized carbons (Fsp3) is 0. The van der Waals surface area contributed by atoms with E-state index in [1.807, 2.05) is 6.07 Å². The molecule has 0 amide bonds. The van der Waals surface area contributed by atoms with Crippen LogP contribution in [0.5, 0.6) is 0 Å². The Hall–Kier alpha value is -7.66. The molecule has 0 saturated heterocycles. The fourth-order valence-electron chi connectivity index (χ4n) is 9.93. The molecule has 12 rings (SSSR count). The Labute approximate surface area is 348 Å². The summed E-state index contributed by atoms with van der Waals surface area (Å²) in [4.78, 5) is 0. The van der Waals surface area contributed by atoms with Crippen LogP contribution < -0.4 is 20.7 Å². The number of aromatic nitrogens is 2. The van der Waals surface area contributed by atoms with E-state index in [1.54, 1.807) is 0 Å². The highest BCUT2D eigenvalue weighted by Crippen LogP contribution is 2.42. The van der Waals surface area contributed by atoms with Crippen LogP contribution in [0.3, 0.4) is 0 Å². The number of furan rings is 1. The molecule has 12 aromatic rings. The van der Waals surface area contributed by atoms with Crippen LogP contribution in [0.2, 0.25) is 0 Å². The van der Waals surface area contributed by atoms with E-state index >= 15 is 0 Å². The zero-order valence-corrected chi connectivity index (χ0v) is 33.7. The Bertz CT molecular complexity index is 3420. The third-order valence-electron chi connectivity index (χ3n) is 12.5. The van der Waals surface area contributed by atoms with Gasteiger partial charge in [0.25, 0.3) is 0 Å². The molecular formula is C56H38N2OSi. The van der Waals surface area contributed by atoms with Crippen molar-refractivity contribution >= 4 is 83.6 Å². The standard InChI is InChI=1S/C56H38N2OSi/c1-4-17-40(18-5-1)58-55-46(26-16-27-50(55)54-49-25-12-15-30-53(49)59-56(54)58)39-31-35-44(36-32-39)60(42-19-6-2-7-20-42,43-21-8-3-9-22-43)45-37-33-41(34-38-45)57-51-28-13-10-23-47(51)48-24-11-14-29-52(48)57/h1-38H. The Balaban J connectivity index is 1.06. The first-order valence-corrected chi connectivity index (χ1v) is 22.6. The predicted molar refractivity (Wildman–Crippen MR) is 254 cm³/mol. The van der Waals surface area contributed by atoms with Crippen molar-refractivity contribution < 1.29 is 4.42 Å². The van der Waals surface area contributed by atoms with Gasteiger partial charge in [-0.1, -0.05) is 188 Å². The van der Waals surface area contributed by atoms with Crippen molar-refractivity contribution in [2.24, 2.45) is 0 Å². The smallest absolute Gasteiger partial charge is 0.213 e. The van der Waals surface area contributed by atoms with Crippen LogP contribution >= 0.6 is 0 Å². The van der Waals surface area contributed by atoms with E-state index < -0.39 is 8.07 Å². The number of hydrogen-bond acceptors (Lipinski definition) is 1. The number of benzene rings is 9. The number of para-hydroxylation sites is 5. The van der Waals surface area contributed by atoms with Crippen molar-refractivity contribution in [2.45, 2.75) is 0 Å². The van der Waals surface area contributed by atoms with Gasteiger partial charge in [0.2, 0.25) is 5.71 Å². The molecule has 4 heteroatoms. The van der Waals surface area contributed by atoms with Crippen LogP contribution in [0, 0.1) is 0 Å². The molecule has 9 aromatic carbocycles. The average molecular weight is 783 g/mol. The van der Waals surface area contributed by atoms with E-state index in [2.05, 4.69) is 234 Å². The summed E-state index contributed by atoms with van der Waals surface area (Å²) >= 11 is 0. The molecule has 60 heavy (non-hydrogen) atoms. The van der Waals surface area contributed by atoms with Crippen LogP contribution in [0.4, 0.5) is 0 Å². The Morgan fingerprint density at radius 3 is 1.42 bits per heavy atom. The molecule has 0 aliphatic rings. The Morgan fingerprint density at radius 2 is 0.800 bits per heavy atom. The topological polar surface area (TPSA) is 23.0 Å². The first-order chi connectivity index (χ1) is 29.8. The Kier molecular flexibility index (Phi) is 7.87. The van der Waals surface area contributed by atoms with Crippen molar-refractivity contribution in [3.8, 4) is 22.5 Å². The molecule has 0 fully saturated rings. The minimum absolute atomic E-state index is 0.866. The van der Waals surface area contributed by atoms with Gasteiger partial charge in [0.15, 0.2) is 8.07 Å². The molecule has 3 aromatic heterocycles. The van der Waals surface area contributed by atoms with Gasteiger partial charge in [-0.05, 0) is 68.8 Å². The van der Waals surface area contributed by atoms with E-state index in [4.69, 9.17) is 4.42 Å². The molecule has 0 aliphatic heterocycles. The highest BCUT2D eigenvalue weighted by Gasteiger charge is 2.41. The van der Waals surface area contributed by atoms with Gasteiger partial charge in [0.05, 0.1) is 21.9 Å². The van der Waals surface area contributed by atoms with Crippen LogP contribution in [0.15, 0.2) is 235 Å². The van der Waals surface area contributed by atoms with Gasteiger partial charge in [-0.3, -0.25) is 4.57 Å². The summed E-state index contributed by atoms with van der Waals surface area (Å²) in [5, 5.41) is 11.4. The van der Waals surface area contributed by atoms with Crippen molar-refractivity contribution in [2.75, 3.05) is 0 Å². The first kappa shape index (κ1) is 34.4. The Morgan fingerprint density at radius 1 is 0.333 bits per heavy atom. The molecule has 3 nitrogen and oxygen atoms in total. The molecule has 0 atom stereocenters. The van der Waals surface area contributed by atoms with Gasteiger partial charge in [-0.2, -0.15) is 0 Å². The second-order valence-electron chi connectivity index (χ2n) is 15.6. The molecular weight excluding hydrogens is 745 g/mol. The molecule has 0 unspecified atom stereocenters. The zero-order chi connectivity index (χ0) is 39.6. The van der Waals surface area contributed by atoms with E-state index in [0.29, 0.717) is 0 Å². The van der Waals surface area contributed by atoms with Crippen molar-refractivity contribution in [3.63, 3.8) is 0 Å². The normalized spacial score (nSPS) is 12.0. The molecule has 0 bridgehead atoms. The SMILES string of the molecule is c1ccc(-n2c3oc4ccccc4c3c3cccc(-c4ccc([Si](c5ccccc5)(c5ccccc5)c5ccc(-n6c7ccccc7c7ccccc76)cc5)cc4)c32)cc1. The van der Waals surface area contributed by atoms with Gasteiger partial charge in [0, 0.05) is 38.5 Å². The van der Waals surface area contributed by atoms with Crippen LogP contribution in [-0.2, 0) is 0 Å². The van der Waals surface area contributed by atoms with Gasteiger partial charge in [-0.25, -0.2) is 0 Å². The van der Waals surface area contributed by atoms with E-state index in [0.717, 1.165) is 44.5 Å². The first-order valence-electron chi connectivity index (χ1n) is 20.6. The largest absolute Gasteiger partial charge is 0.439 e. The summed E-state index contributed by atoms with van der Waals surface area (Å²) in [5.41, 5.74) is 9.90. The summed E-state index contributed by atoms with van der Waals surface area (Å²) in [7, 11) is -2.83. The number of fused-ring (bicyclic) bond motifs is 8. The fourth-order valence-corrected chi connectivity index (χ4v) is 14.6. The molecule has 3 heterocycles. The second kappa shape index (κ2) is 13.7. The van der Waals surface area contributed by atoms with E-state index in [-0.39, 0.29) is 0 Å². The molecule has 0 saturated carbocycles. The lowest BCUT2D eigenvalue weighted by molar-refractivity contribution is 0.645. The molecule has 0 spiro atoms. The van der Waals surface area contributed by atoms with Crippen molar-refractivity contribution in [3.05, 3.63) is 231 Å². The maximum absolute atomic E-state index is 6.67. The number of nitrogens with zero attached hydrogens (tertiary/aromatic N) is 2. The molecule has 0 N–H and O–H groups in total. The number of rotatable bonds is 7. The summed E-state index contributed by atoms with van der Waals surface area (Å²) in [6.07, 6.45) is 0. The lowest BCUT2D eigenvalue weighted by Crippen LogP contribution is -2.74. The number of hydrogen-bond donors (Lipinski definition) is 0. The molecule has 0 radical (unpaired) electrons. The zero-order valence-electron chi connectivity index (χ0n) is 32.7. The summed E-state index contributed by atoms with van der Waals surface area (Å²) < 4.78 is 11.4. The summed E-state index contributed by atoms with van der Waals surface area (Å²) in [6, 6.07) is 84.4. The third kappa shape index (κ3) is 5.08. The second-order valence-corrected chi connectivity index (χ2v) is 19.4. The van der Waals surface area contributed by atoms with Crippen molar-refractivity contribution in [1.29, 1.82) is 0 Å². The minimum Gasteiger partial charge on any atom is -0.439 e. The van der Waals surface area contributed by atoms with Gasteiger partial charge >= 0.3 is 0 Å². The van der Waals surface area contributed by atoms with E-state index in [9.17, 15) is 0 Å². The maximum atomic E-state index is 6.67. The van der Waals surface area contributed by atoms with Gasteiger partial charge in [-0.15, -0.1) is 0 Å². The van der Waals surface area contributed by atoms with Crippen LogP contribution in [-0.4, -0.2) is 17.2 Å². The maximum Gasteiger partial charge on any atom is 0.213 e. The molecule has 0 aliphatic carbocycles. The summed E-state index contributed by atoms with van der Waals surface area (Å²) in [6.45, 7) is 0. The minimum atomic E-state index is -2.83. The quantitative estimate of drug-likeness (QED) is 0.117. The highest BCUT2D eigenvalue weighted by molar-refractivity contribution is 7.19. The van der Waals surface area contributed by atoms with Gasteiger partial charge in [0.1, 0.15) is 5.58 Å². The van der Waals surface area contributed by atoms with E-state index in [1.165, 1.54) is 53.5 Å². The highest BCUT2D eigenvalue weighted by atomic mass is 28.3.